The molecule has 0 atom stereocenters. The van der Waals surface area contributed by atoms with Crippen molar-refractivity contribution < 1.29 is 27.4 Å². The third-order valence-electron chi connectivity index (χ3n) is 4.57. The van der Waals surface area contributed by atoms with Crippen molar-refractivity contribution in [3.05, 3.63) is 39.5 Å². The summed E-state index contributed by atoms with van der Waals surface area (Å²) in [5.41, 5.74) is -2.84. The molecule has 0 saturated carbocycles. The number of anilines is 1. The van der Waals surface area contributed by atoms with Crippen molar-refractivity contribution in [3.63, 3.8) is 0 Å². The molecule has 0 bridgehead atoms. The standard InChI is InChI=1S/C18H20ClF3N6O4/c19-12-9-23-17(24-10-12)28-4-2-27(3-5-28)14(29)1-6-31-7-8-32-13-11-25-26-16(30)15(13)18(20,21)22/h9-11H,1-8H2,(H,26,30). The number of halogens is 4. The highest BCUT2D eigenvalue weighted by Crippen LogP contribution is 2.32. The Bertz CT molecular complexity index is 964. The average molecular weight is 477 g/mol. The van der Waals surface area contributed by atoms with Crippen molar-refractivity contribution in [1.82, 2.24) is 25.1 Å². The normalized spacial score (nSPS) is 14.5. The van der Waals surface area contributed by atoms with Gasteiger partial charge in [0.1, 0.15) is 6.61 Å². The fraction of sp³-hybridized carbons (Fsp3) is 0.500. The molecule has 3 rings (SSSR count). The van der Waals surface area contributed by atoms with Crippen molar-refractivity contribution in [3.8, 4) is 5.75 Å². The van der Waals surface area contributed by atoms with Gasteiger partial charge in [-0.1, -0.05) is 11.6 Å². The summed E-state index contributed by atoms with van der Waals surface area (Å²) in [4.78, 5) is 35.6. The van der Waals surface area contributed by atoms with Gasteiger partial charge in [-0.25, -0.2) is 15.1 Å². The van der Waals surface area contributed by atoms with Gasteiger partial charge in [-0.15, -0.1) is 0 Å². The summed E-state index contributed by atoms with van der Waals surface area (Å²) in [5.74, 6) is -0.224. The quantitative estimate of drug-likeness (QED) is 0.568. The van der Waals surface area contributed by atoms with Crippen LogP contribution in [0.3, 0.4) is 0 Å². The zero-order valence-electron chi connectivity index (χ0n) is 16.8. The molecule has 174 valence electrons. The molecule has 14 heteroatoms. The van der Waals surface area contributed by atoms with E-state index in [2.05, 4.69) is 15.1 Å². The Morgan fingerprint density at radius 3 is 2.44 bits per heavy atom. The van der Waals surface area contributed by atoms with E-state index in [0.29, 0.717) is 37.1 Å². The fourth-order valence-corrected chi connectivity index (χ4v) is 3.11. The lowest BCUT2D eigenvalue weighted by molar-refractivity contribution is -0.140. The van der Waals surface area contributed by atoms with E-state index in [4.69, 9.17) is 21.1 Å². The Hall–Kier alpha value is -2.93. The molecule has 0 aromatic carbocycles. The predicted molar refractivity (Wildman–Crippen MR) is 107 cm³/mol. The Labute approximate surface area is 185 Å². The van der Waals surface area contributed by atoms with E-state index in [9.17, 15) is 22.8 Å². The number of H-pyrrole nitrogens is 1. The highest BCUT2D eigenvalue weighted by molar-refractivity contribution is 6.30. The Balaban J connectivity index is 1.35. The zero-order chi connectivity index (χ0) is 23.1. The first-order valence-electron chi connectivity index (χ1n) is 9.61. The maximum Gasteiger partial charge on any atom is 0.425 e. The molecule has 0 spiro atoms. The molecule has 1 aliphatic rings. The lowest BCUT2D eigenvalue weighted by Gasteiger charge is -2.34. The number of aromatic nitrogens is 4. The molecule has 3 heterocycles. The number of alkyl halides is 3. The summed E-state index contributed by atoms with van der Waals surface area (Å²) < 4.78 is 49.0. The fourth-order valence-electron chi connectivity index (χ4n) is 3.01. The van der Waals surface area contributed by atoms with Crippen LogP contribution < -0.4 is 15.2 Å². The first-order valence-corrected chi connectivity index (χ1v) is 9.99. The van der Waals surface area contributed by atoms with Crippen molar-refractivity contribution in [1.29, 1.82) is 0 Å². The SMILES string of the molecule is O=C(CCOCCOc1cn[nH]c(=O)c1C(F)(F)F)N1CCN(c2ncc(Cl)cn2)CC1. The number of nitrogens with one attached hydrogen (secondary N) is 1. The maximum absolute atomic E-state index is 12.9. The van der Waals surface area contributed by atoms with Crippen molar-refractivity contribution in [2.24, 2.45) is 0 Å². The van der Waals surface area contributed by atoms with Crippen molar-refractivity contribution >= 4 is 23.5 Å². The summed E-state index contributed by atoms with van der Waals surface area (Å²) in [6.45, 7) is 1.96. The number of piperazine rings is 1. The Morgan fingerprint density at radius 1 is 1.09 bits per heavy atom. The number of ether oxygens (including phenoxy) is 2. The number of hydrogen-bond acceptors (Lipinski definition) is 8. The summed E-state index contributed by atoms with van der Waals surface area (Å²) in [6.07, 6.45) is -0.944. The Morgan fingerprint density at radius 2 is 1.78 bits per heavy atom. The molecule has 0 aliphatic carbocycles. The van der Waals surface area contributed by atoms with Crippen LogP contribution in [0.25, 0.3) is 0 Å². The third-order valence-corrected chi connectivity index (χ3v) is 4.77. The second kappa shape index (κ2) is 10.6. The maximum atomic E-state index is 12.9. The van der Waals surface area contributed by atoms with Gasteiger partial charge in [0.15, 0.2) is 11.3 Å². The van der Waals surface area contributed by atoms with Gasteiger partial charge in [-0.2, -0.15) is 18.3 Å². The molecular formula is C18H20ClF3N6O4. The lowest BCUT2D eigenvalue weighted by atomic mass is 10.3. The molecule has 2 aromatic rings. The minimum atomic E-state index is -4.87. The lowest BCUT2D eigenvalue weighted by Crippen LogP contribution is -2.49. The molecule has 2 aromatic heterocycles. The second-order valence-corrected chi connectivity index (χ2v) is 7.15. The highest BCUT2D eigenvalue weighted by Gasteiger charge is 2.38. The number of carbonyl (C=O) groups excluding carboxylic acids is 1. The van der Waals surface area contributed by atoms with E-state index in [1.165, 1.54) is 12.4 Å². The number of amides is 1. The van der Waals surface area contributed by atoms with E-state index in [1.54, 1.807) is 10.00 Å². The Kier molecular flexibility index (Phi) is 7.85. The predicted octanol–water partition coefficient (Wildman–Crippen LogP) is 1.37. The minimum Gasteiger partial charge on any atom is -0.489 e. The number of carbonyl (C=O) groups is 1. The van der Waals surface area contributed by atoms with Crippen LogP contribution in [0.5, 0.6) is 5.75 Å². The zero-order valence-corrected chi connectivity index (χ0v) is 17.5. The van der Waals surface area contributed by atoms with Gasteiger partial charge < -0.3 is 19.3 Å². The molecule has 10 nitrogen and oxygen atoms in total. The third kappa shape index (κ3) is 6.29. The van der Waals surface area contributed by atoms with Crippen LogP contribution in [-0.4, -0.2) is 77.0 Å². The molecule has 1 N–H and O–H groups in total. The number of hydrogen-bond donors (Lipinski definition) is 1. The average Bonchev–Trinajstić information content (AvgIpc) is 2.76. The first kappa shape index (κ1) is 23.7. The molecule has 1 fully saturated rings. The van der Waals surface area contributed by atoms with E-state index >= 15 is 0 Å². The molecule has 0 radical (unpaired) electrons. The summed E-state index contributed by atoms with van der Waals surface area (Å²) in [5, 5.41) is 5.47. The molecule has 1 aliphatic heterocycles. The number of aromatic amines is 1. The van der Waals surface area contributed by atoms with Crippen LogP contribution >= 0.6 is 11.6 Å². The van der Waals surface area contributed by atoms with Crippen LogP contribution in [0.1, 0.15) is 12.0 Å². The van der Waals surface area contributed by atoms with E-state index in [1.807, 2.05) is 4.90 Å². The van der Waals surface area contributed by atoms with Gasteiger partial charge in [0.05, 0.1) is 43.2 Å². The molecular weight excluding hydrogens is 457 g/mol. The van der Waals surface area contributed by atoms with Crippen LogP contribution in [0, 0.1) is 0 Å². The molecule has 32 heavy (non-hydrogen) atoms. The van der Waals surface area contributed by atoms with Gasteiger partial charge in [0, 0.05) is 26.2 Å². The van der Waals surface area contributed by atoms with E-state index < -0.39 is 23.0 Å². The highest BCUT2D eigenvalue weighted by atomic mass is 35.5. The van der Waals surface area contributed by atoms with Gasteiger partial charge in [-0.05, 0) is 0 Å². The van der Waals surface area contributed by atoms with Crippen molar-refractivity contribution in [2.75, 3.05) is 50.9 Å². The van der Waals surface area contributed by atoms with Gasteiger partial charge in [0.2, 0.25) is 11.9 Å². The first-order chi connectivity index (χ1) is 15.3. The minimum absolute atomic E-state index is 0.0565. The van der Waals surface area contributed by atoms with E-state index in [0.717, 1.165) is 6.20 Å². The van der Waals surface area contributed by atoms with Crippen LogP contribution in [0.4, 0.5) is 19.1 Å². The second-order valence-electron chi connectivity index (χ2n) is 6.72. The largest absolute Gasteiger partial charge is 0.489 e. The van der Waals surface area contributed by atoms with E-state index in [-0.39, 0.29) is 32.1 Å². The van der Waals surface area contributed by atoms with Gasteiger partial charge in [-0.3, -0.25) is 9.59 Å². The molecule has 0 unspecified atom stereocenters. The van der Waals surface area contributed by atoms with Crippen LogP contribution in [0.15, 0.2) is 23.4 Å². The van der Waals surface area contributed by atoms with Crippen LogP contribution in [-0.2, 0) is 15.7 Å². The van der Waals surface area contributed by atoms with Crippen molar-refractivity contribution in [2.45, 2.75) is 12.6 Å². The summed E-state index contributed by atoms with van der Waals surface area (Å²) >= 11 is 5.78. The monoisotopic (exact) mass is 476 g/mol. The summed E-state index contributed by atoms with van der Waals surface area (Å²) in [7, 11) is 0. The van der Waals surface area contributed by atoms with Crippen LogP contribution in [0.2, 0.25) is 5.02 Å². The molecule has 1 amide bonds. The van der Waals surface area contributed by atoms with Gasteiger partial charge >= 0.3 is 6.18 Å². The number of nitrogens with zero attached hydrogens (tertiary/aromatic N) is 5. The number of rotatable bonds is 8. The smallest absolute Gasteiger partial charge is 0.425 e. The molecule has 1 saturated heterocycles. The topological polar surface area (TPSA) is 114 Å². The van der Waals surface area contributed by atoms with Gasteiger partial charge in [0.25, 0.3) is 5.56 Å². The summed E-state index contributed by atoms with van der Waals surface area (Å²) in [6, 6.07) is 0.